The van der Waals surface area contributed by atoms with Crippen molar-refractivity contribution in [1.82, 2.24) is 0 Å². The van der Waals surface area contributed by atoms with Crippen LogP contribution < -0.4 is 20.5 Å². The molecule has 1 aromatic carbocycles. The van der Waals surface area contributed by atoms with Crippen LogP contribution in [0.2, 0.25) is 0 Å². The van der Waals surface area contributed by atoms with Crippen molar-refractivity contribution in [3.63, 3.8) is 0 Å². The number of guanidine groups is 1. The van der Waals surface area contributed by atoms with E-state index in [1.54, 1.807) is 51.5 Å². The molecule has 1 aromatic heterocycles. The number of methoxy groups -OCH3 is 2. The molecule has 0 saturated carbocycles. The molecule has 0 aliphatic heterocycles. The molecule has 0 aliphatic carbocycles. The van der Waals surface area contributed by atoms with Gasteiger partial charge in [-0.05, 0) is 31.2 Å². The Morgan fingerprint density at radius 2 is 2.04 bits per heavy atom. The fraction of sp³-hybridized carbons (Fsp3) is 0.312. The second-order valence-corrected chi connectivity index (χ2v) is 5.15. The van der Waals surface area contributed by atoms with E-state index in [9.17, 15) is 5.11 Å². The zero-order chi connectivity index (χ0) is 16.9. The Labute approximate surface area is 134 Å². The fourth-order valence-electron chi connectivity index (χ4n) is 2.00. The number of aliphatic imine (C=N–C) groups is 1. The van der Waals surface area contributed by atoms with Gasteiger partial charge in [-0.25, -0.2) is 4.99 Å². The average molecular weight is 319 g/mol. The molecule has 7 nitrogen and oxygen atoms in total. The van der Waals surface area contributed by atoms with E-state index in [0.717, 1.165) is 0 Å². The summed E-state index contributed by atoms with van der Waals surface area (Å²) in [6, 6.07) is 8.68. The topological polar surface area (TPSA) is 102 Å². The Morgan fingerprint density at radius 1 is 1.30 bits per heavy atom. The summed E-state index contributed by atoms with van der Waals surface area (Å²) in [5.41, 5.74) is 5.32. The van der Waals surface area contributed by atoms with Gasteiger partial charge >= 0.3 is 0 Å². The molecule has 0 spiro atoms. The zero-order valence-corrected chi connectivity index (χ0v) is 13.4. The smallest absolute Gasteiger partial charge is 0.193 e. The number of hydrogen-bond donors (Lipinski definition) is 3. The summed E-state index contributed by atoms with van der Waals surface area (Å²) in [4.78, 5) is 4.15. The van der Waals surface area contributed by atoms with E-state index in [2.05, 4.69) is 10.3 Å². The van der Waals surface area contributed by atoms with Crippen molar-refractivity contribution >= 4 is 11.6 Å². The van der Waals surface area contributed by atoms with Crippen molar-refractivity contribution in [2.45, 2.75) is 12.5 Å². The average Bonchev–Trinajstić information content (AvgIpc) is 3.08. The van der Waals surface area contributed by atoms with Crippen LogP contribution in [-0.2, 0) is 5.60 Å². The van der Waals surface area contributed by atoms with Crippen LogP contribution in [0, 0.1) is 0 Å². The number of nitrogens with two attached hydrogens (primary N) is 1. The molecule has 1 unspecified atom stereocenters. The van der Waals surface area contributed by atoms with E-state index in [1.807, 2.05) is 0 Å². The van der Waals surface area contributed by atoms with Gasteiger partial charge in [-0.15, -0.1) is 0 Å². The van der Waals surface area contributed by atoms with Gasteiger partial charge in [0.15, 0.2) is 17.5 Å². The summed E-state index contributed by atoms with van der Waals surface area (Å²) in [5.74, 6) is 1.80. The largest absolute Gasteiger partial charge is 0.493 e. The summed E-state index contributed by atoms with van der Waals surface area (Å²) in [6.07, 6.45) is 1.50. The molecule has 0 amide bonds. The Hall–Kier alpha value is -2.67. The number of nitrogens with one attached hydrogen (secondary N) is 1. The molecule has 23 heavy (non-hydrogen) atoms. The predicted octanol–water partition coefficient (Wildman–Crippen LogP) is 1.93. The van der Waals surface area contributed by atoms with Crippen LogP contribution in [0.4, 0.5) is 5.69 Å². The van der Waals surface area contributed by atoms with Gasteiger partial charge in [-0.3, -0.25) is 0 Å². The molecule has 2 rings (SSSR count). The second kappa shape index (κ2) is 7.06. The highest BCUT2D eigenvalue weighted by molar-refractivity contribution is 5.92. The Balaban J connectivity index is 2.05. The molecule has 0 bridgehead atoms. The van der Waals surface area contributed by atoms with Crippen molar-refractivity contribution in [2.24, 2.45) is 10.7 Å². The lowest BCUT2D eigenvalue weighted by atomic mass is 10.0. The maximum atomic E-state index is 10.3. The minimum atomic E-state index is -1.23. The van der Waals surface area contributed by atoms with Crippen molar-refractivity contribution in [3.05, 3.63) is 42.4 Å². The maximum Gasteiger partial charge on any atom is 0.193 e. The lowest BCUT2D eigenvalue weighted by Crippen LogP contribution is -2.29. The van der Waals surface area contributed by atoms with Crippen molar-refractivity contribution < 1.29 is 19.0 Å². The zero-order valence-electron chi connectivity index (χ0n) is 13.4. The maximum absolute atomic E-state index is 10.3. The van der Waals surface area contributed by atoms with E-state index in [0.29, 0.717) is 22.9 Å². The van der Waals surface area contributed by atoms with Crippen molar-refractivity contribution in [2.75, 3.05) is 26.1 Å². The van der Waals surface area contributed by atoms with Crippen LogP contribution in [0.15, 0.2) is 46.0 Å². The first-order valence-corrected chi connectivity index (χ1v) is 7.01. The highest BCUT2D eigenvalue weighted by Crippen LogP contribution is 2.29. The minimum Gasteiger partial charge on any atom is -0.493 e. The summed E-state index contributed by atoms with van der Waals surface area (Å²) in [7, 11) is 3.12. The molecule has 124 valence electrons. The molecule has 4 N–H and O–H groups in total. The summed E-state index contributed by atoms with van der Waals surface area (Å²) >= 11 is 0. The molecule has 0 saturated heterocycles. The van der Waals surface area contributed by atoms with E-state index >= 15 is 0 Å². The Morgan fingerprint density at radius 3 is 2.65 bits per heavy atom. The van der Waals surface area contributed by atoms with Crippen molar-refractivity contribution in [3.8, 4) is 11.5 Å². The molecular formula is C16H21N3O4. The van der Waals surface area contributed by atoms with Gasteiger partial charge in [-0.2, -0.15) is 0 Å². The summed E-state index contributed by atoms with van der Waals surface area (Å²) in [5, 5.41) is 13.3. The van der Waals surface area contributed by atoms with Crippen molar-refractivity contribution in [1.29, 1.82) is 0 Å². The number of aliphatic hydroxyl groups is 1. The van der Waals surface area contributed by atoms with Gasteiger partial charge in [0.2, 0.25) is 0 Å². The second-order valence-electron chi connectivity index (χ2n) is 5.15. The van der Waals surface area contributed by atoms with Crippen LogP contribution in [0.5, 0.6) is 11.5 Å². The first-order chi connectivity index (χ1) is 11.0. The van der Waals surface area contributed by atoms with Gasteiger partial charge in [0.05, 0.1) is 27.0 Å². The van der Waals surface area contributed by atoms with Crippen LogP contribution in [-0.4, -0.2) is 31.8 Å². The standard InChI is InChI=1S/C16H21N3O4/c1-16(20,14-5-4-8-23-14)10-18-15(17)19-11-6-7-12(21-2)13(9-11)22-3/h4-9,20H,10H2,1-3H3,(H3,17,18,19). The fourth-order valence-corrected chi connectivity index (χ4v) is 2.00. The lowest BCUT2D eigenvalue weighted by Gasteiger charge is -2.18. The molecule has 0 radical (unpaired) electrons. The van der Waals surface area contributed by atoms with E-state index in [1.165, 1.54) is 6.26 Å². The molecular weight excluding hydrogens is 298 g/mol. The lowest BCUT2D eigenvalue weighted by molar-refractivity contribution is 0.0438. The summed E-state index contributed by atoms with van der Waals surface area (Å²) in [6.45, 7) is 1.67. The SMILES string of the molecule is COc1ccc(NC(N)=NCC(C)(O)c2ccco2)cc1OC. The van der Waals surface area contributed by atoms with Gasteiger partial charge in [-0.1, -0.05) is 0 Å². The third-order valence-corrected chi connectivity index (χ3v) is 3.27. The first-order valence-electron chi connectivity index (χ1n) is 7.01. The minimum absolute atomic E-state index is 0.0621. The highest BCUT2D eigenvalue weighted by atomic mass is 16.5. The first kappa shape index (κ1) is 16.7. The van der Waals surface area contributed by atoms with E-state index < -0.39 is 5.60 Å². The number of nitrogens with zero attached hydrogens (tertiary/aromatic N) is 1. The van der Waals surface area contributed by atoms with Crippen LogP contribution in [0.3, 0.4) is 0 Å². The predicted molar refractivity (Wildman–Crippen MR) is 87.9 cm³/mol. The summed E-state index contributed by atoms with van der Waals surface area (Å²) < 4.78 is 15.6. The molecule has 1 atom stereocenters. The van der Waals surface area contributed by atoms with Gasteiger partial charge in [0.25, 0.3) is 0 Å². The van der Waals surface area contributed by atoms with E-state index in [4.69, 9.17) is 19.6 Å². The van der Waals surface area contributed by atoms with E-state index in [-0.39, 0.29) is 12.5 Å². The molecule has 2 aromatic rings. The molecule has 1 heterocycles. The monoisotopic (exact) mass is 319 g/mol. The Kier molecular flexibility index (Phi) is 5.13. The number of benzene rings is 1. The highest BCUT2D eigenvalue weighted by Gasteiger charge is 2.25. The number of hydrogen-bond acceptors (Lipinski definition) is 5. The third kappa shape index (κ3) is 4.17. The normalized spacial score (nSPS) is 14.2. The van der Waals surface area contributed by atoms with Crippen LogP contribution in [0.25, 0.3) is 0 Å². The number of furan rings is 1. The van der Waals surface area contributed by atoms with Gasteiger partial charge in [0, 0.05) is 11.8 Å². The third-order valence-electron chi connectivity index (χ3n) is 3.27. The number of ether oxygens (including phenoxy) is 2. The number of rotatable bonds is 6. The van der Waals surface area contributed by atoms with Gasteiger partial charge in [0.1, 0.15) is 11.4 Å². The molecule has 7 heteroatoms. The van der Waals surface area contributed by atoms with Gasteiger partial charge < -0.3 is 30.0 Å². The number of anilines is 1. The Bertz CT molecular complexity index is 666. The van der Waals surface area contributed by atoms with Crippen LogP contribution >= 0.6 is 0 Å². The molecule has 0 fully saturated rings. The quantitative estimate of drug-likeness (QED) is 0.555. The molecule has 0 aliphatic rings. The van der Waals surface area contributed by atoms with Crippen LogP contribution in [0.1, 0.15) is 12.7 Å².